The highest BCUT2D eigenvalue weighted by molar-refractivity contribution is 7.89. The Morgan fingerprint density at radius 1 is 1.09 bits per heavy atom. The van der Waals surface area contributed by atoms with Crippen molar-refractivity contribution in [3.05, 3.63) is 53.6 Å². The summed E-state index contributed by atoms with van der Waals surface area (Å²) < 4.78 is 27.7. The molecule has 1 saturated heterocycles. The normalized spacial score (nSPS) is 22.4. The van der Waals surface area contributed by atoms with Crippen LogP contribution in [0.25, 0.3) is 0 Å². The van der Waals surface area contributed by atoms with E-state index < -0.39 is 15.6 Å². The van der Waals surface area contributed by atoms with E-state index >= 15 is 0 Å². The largest absolute Gasteiger partial charge is 0.243 e. The van der Waals surface area contributed by atoms with Gasteiger partial charge in [0.25, 0.3) is 0 Å². The van der Waals surface area contributed by atoms with Crippen LogP contribution < -0.4 is 0 Å². The van der Waals surface area contributed by atoms with Crippen LogP contribution in [0.5, 0.6) is 0 Å². The van der Waals surface area contributed by atoms with E-state index in [0.29, 0.717) is 17.3 Å². The molecule has 1 aliphatic rings. The highest BCUT2D eigenvalue weighted by atomic mass is 32.2. The first-order valence-electron chi connectivity index (χ1n) is 7.75. The average Bonchev–Trinajstić information content (AvgIpc) is 2.91. The second-order valence-corrected chi connectivity index (χ2v) is 8.10. The topological polar surface area (TPSA) is 63.2 Å². The lowest BCUT2D eigenvalue weighted by molar-refractivity contribution is 0.254. The van der Waals surface area contributed by atoms with Crippen molar-refractivity contribution in [2.24, 2.45) is 0 Å². The summed E-state index contributed by atoms with van der Waals surface area (Å²) in [6.45, 7) is 6.23. The molecule has 2 heterocycles. The van der Waals surface area contributed by atoms with Gasteiger partial charge in [-0.15, -0.1) is 0 Å². The lowest BCUT2D eigenvalue weighted by Gasteiger charge is -2.33. The number of sulfonamides is 1. The first kappa shape index (κ1) is 16.1. The highest BCUT2D eigenvalue weighted by Crippen LogP contribution is 2.40. The summed E-state index contributed by atoms with van der Waals surface area (Å²) in [4.78, 5) is 9.37. The van der Waals surface area contributed by atoms with Gasteiger partial charge in [0, 0.05) is 17.9 Å². The van der Waals surface area contributed by atoms with E-state index in [1.54, 1.807) is 28.6 Å². The summed E-state index contributed by atoms with van der Waals surface area (Å²) in [5, 5.41) is 0. The SMILES string of the molecule is Cc1cc(C)nc(C2(C)CCCN2S(=O)(=O)c2ccccc2)n1. The zero-order valence-corrected chi connectivity index (χ0v) is 14.5. The first-order valence-corrected chi connectivity index (χ1v) is 9.19. The van der Waals surface area contributed by atoms with Gasteiger partial charge in [-0.2, -0.15) is 4.31 Å². The van der Waals surface area contributed by atoms with Crippen LogP contribution in [0.4, 0.5) is 0 Å². The van der Waals surface area contributed by atoms with Crippen molar-refractivity contribution >= 4 is 10.0 Å². The van der Waals surface area contributed by atoms with Crippen molar-refractivity contribution in [2.75, 3.05) is 6.54 Å². The first-order chi connectivity index (χ1) is 10.8. The summed E-state index contributed by atoms with van der Waals surface area (Å²) in [6.07, 6.45) is 1.53. The minimum absolute atomic E-state index is 0.317. The van der Waals surface area contributed by atoms with E-state index in [-0.39, 0.29) is 0 Å². The molecule has 0 aliphatic carbocycles. The van der Waals surface area contributed by atoms with Crippen LogP contribution in [0.1, 0.15) is 37.0 Å². The van der Waals surface area contributed by atoms with Crippen molar-refractivity contribution in [1.29, 1.82) is 0 Å². The van der Waals surface area contributed by atoms with Crippen LogP contribution in [-0.4, -0.2) is 29.2 Å². The number of aryl methyl sites for hydroxylation is 2. The van der Waals surface area contributed by atoms with E-state index in [1.807, 2.05) is 32.9 Å². The molecule has 1 aromatic carbocycles. The molecular weight excluding hydrogens is 310 g/mol. The maximum absolute atomic E-state index is 13.1. The second kappa shape index (κ2) is 5.69. The molecule has 2 aromatic rings. The lowest BCUT2D eigenvalue weighted by Crippen LogP contribution is -2.44. The molecule has 3 rings (SSSR count). The van der Waals surface area contributed by atoms with Crippen LogP contribution in [0.2, 0.25) is 0 Å². The summed E-state index contributed by atoms with van der Waals surface area (Å²) >= 11 is 0. The van der Waals surface area contributed by atoms with Crippen molar-refractivity contribution in [1.82, 2.24) is 14.3 Å². The molecule has 0 N–H and O–H groups in total. The monoisotopic (exact) mass is 331 g/mol. The molecule has 1 aromatic heterocycles. The van der Waals surface area contributed by atoms with E-state index in [2.05, 4.69) is 9.97 Å². The third kappa shape index (κ3) is 2.77. The number of benzene rings is 1. The molecule has 0 radical (unpaired) electrons. The van der Waals surface area contributed by atoms with Crippen LogP contribution in [0, 0.1) is 13.8 Å². The molecule has 0 bridgehead atoms. The van der Waals surface area contributed by atoms with Gasteiger partial charge < -0.3 is 0 Å². The number of hydrogen-bond donors (Lipinski definition) is 0. The van der Waals surface area contributed by atoms with Crippen LogP contribution in [0.3, 0.4) is 0 Å². The summed E-state index contributed by atoms with van der Waals surface area (Å²) in [7, 11) is -3.57. The molecule has 1 fully saturated rings. The van der Waals surface area contributed by atoms with E-state index in [0.717, 1.165) is 24.2 Å². The van der Waals surface area contributed by atoms with Gasteiger partial charge in [-0.1, -0.05) is 18.2 Å². The highest BCUT2D eigenvalue weighted by Gasteiger charge is 2.47. The molecule has 0 saturated carbocycles. The fourth-order valence-electron chi connectivity index (χ4n) is 3.23. The summed E-state index contributed by atoms with van der Waals surface area (Å²) in [6, 6.07) is 10.5. The van der Waals surface area contributed by atoms with Gasteiger partial charge in [0.05, 0.1) is 10.4 Å². The Morgan fingerprint density at radius 2 is 1.70 bits per heavy atom. The van der Waals surface area contributed by atoms with Gasteiger partial charge in [-0.05, 0) is 51.8 Å². The molecule has 1 atom stereocenters. The van der Waals surface area contributed by atoms with Crippen LogP contribution in [-0.2, 0) is 15.6 Å². The second-order valence-electron chi connectivity index (χ2n) is 6.24. The van der Waals surface area contributed by atoms with Crippen LogP contribution in [0.15, 0.2) is 41.3 Å². The van der Waals surface area contributed by atoms with E-state index in [4.69, 9.17) is 0 Å². The number of rotatable bonds is 3. The maximum atomic E-state index is 13.1. The van der Waals surface area contributed by atoms with Crippen molar-refractivity contribution in [2.45, 2.75) is 44.0 Å². The predicted octanol–water partition coefficient (Wildman–Crippen LogP) is 2.79. The minimum Gasteiger partial charge on any atom is -0.236 e. The van der Waals surface area contributed by atoms with E-state index in [9.17, 15) is 8.42 Å². The molecule has 0 spiro atoms. The Balaban J connectivity index is 2.09. The average molecular weight is 331 g/mol. The minimum atomic E-state index is -3.57. The zero-order valence-electron chi connectivity index (χ0n) is 13.7. The zero-order chi connectivity index (χ0) is 16.7. The predicted molar refractivity (Wildman–Crippen MR) is 88.4 cm³/mol. The number of hydrogen-bond acceptors (Lipinski definition) is 4. The van der Waals surface area contributed by atoms with Crippen LogP contribution >= 0.6 is 0 Å². The lowest BCUT2D eigenvalue weighted by atomic mass is 9.99. The molecule has 23 heavy (non-hydrogen) atoms. The standard InChI is InChI=1S/C17H21N3O2S/c1-13-12-14(2)19-16(18-13)17(3)10-7-11-20(17)23(21,22)15-8-5-4-6-9-15/h4-6,8-9,12H,7,10-11H2,1-3H3. The third-order valence-corrected chi connectivity index (χ3v) is 6.40. The van der Waals surface area contributed by atoms with Crippen molar-refractivity contribution in [3.63, 3.8) is 0 Å². The number of aromatic nitrogens is 2. The fourth-order valence-corrected chi connectivity index (χ4v) is 5.06. The van der Waals surface area contributed by atoms with Gasteiger partial charge in [0.15, 0.2) is 0 Å². The molecule has 5 nitrogen and oxygen atoms in total. The van der Waals surface area contributed by atoms with Gasteiger partial charge >= 0.3 is 0 Å². The molecule has 1 unspecified atom stereocenters. The van der Waals surface area contributed by atoms with Gasteiger partial charge in [-0.25, -0.2) is 18.4 Å². The summed E-state index contributed by atoms with van der Waals surface area (Å²) in [5.41, 5.74) is 1.02. The molecule has 6 heteroatoms. The Hall–Kier alpha value is -1.79. The smallest absolute Gasteiger partial charge is 0.236 e. The Bertz CT molecular complexity index is 801. The fraction of sp³-hybridized carbons (Fsp3) is 0.412. The molecule has 1 aliphatic heterocycles. The maximum Gasteiger partial charge on any atom is 0.243 e. The molecular formula is C17H21N3O2S. The summed E-state index contributed by atoms with van der Waals surface area (Å²) in [5.74, 6) is 0.590. The van der Waals surface area contributed by atoms with Gasteiger partial charge in [0.1, 0.15) is 5.82 Å². The third-order valence-electron chi connectivity index (χ3n) is 4.37. The Labute approximate surface area is 137 Å². The van der Waals surface area contributed by atoms with Crippen molar-refractivity contribution in [3.8, 4) is 0 Å². The Kier molecular flexibility index (Phi) is 3.98. The van der Waals surface area contributed by atoms with Gasteiger partial charge in [-0.3, -0.25) is 0 Å². The van der Waals surface area contributed by atoms with Crippen molar-refractivity contribution < 1.29 is 8.42 Å². The van der Waals surface area contributed by atoms with E-state index in [1.165, 1.54) is 0 Å². The Morgan fingerprint density at radius 3 is 2.30 bits per heavy atom. The molecule has 122 valence electrons. The quantitative estimate of drug-likeness (QED) is 0.867. The number of nitrogens with zero attached hydrogens (tertiary/aromatic N) is 3. The molecule has 0 amide bonds. The van der Waals surface area contributed by atoms with Gasteiger partial charge in [0.2, 0.25) is 10.0 Å².